The van der Waals surface area contributed by atoms with Crippen molar-refractivity contribution >= 4 is 34.6 Å². The Labute approximate surface area is 104 Å². The third-order valence-electron chi connectivity index (χ3n) is 2.09. The summed E-state index contributed by atoms with van der Waals surface area (Å²) in [4.78, 5) is 0. The minimum Gasteiger partial charge on any atom is -0.754 e. The van der Waals surface area contributed by atoms with E-state index in [-0.39, 0.29) is 0 Å². The fourth-order valence-electron chi connectivity index (χ4n) is 1.35. The topological polar surface area (TPSA) is 26.3 Å². The first-order valence-corrected chi connectivity index (χ1v) is 5.41. The van der Waals surface area contributed by atoms with E-state index in [1.165, 1.54) is 0 Å². The molecule has 0 N–H and O–H groups in total. The molecule has 0 fully saturated rings. The van der Waals surface area contributed by atoms with Gasteiger partial charge >= 0.3 is 0 Å². The van der Waals surface area contributed by atoms with Crippen molar-refractivity contribution in [3.05, 3.63) is 63.8 Å². The van der Waals surface area contributed by atoms with Gasteiger partial charge in [-0.05, 0) is 36.4 Å². The Hall–Kier alpha value is -1.22. The van der Waals surface area contributed by atoms with E-state index >= 15 is 0 Å². The van der Waals surface area contributed by atoms with E-state index < -0.39 is 0 Å². The van der Waals surface area contributed by atoms with Crippen molar-refractivity contribution in [2.24, 2.45) is 0 Å². The lowest BCUT2D eigenvalue weighted by molar-refractivity contribution is 1.30. The quantitative estimate of drug-likeness (QED) is 0.729. The number of halogens is 2. The minimum absolute atomic E-state index is 0.481. The monoisotopic (exact) mass is 252 g/mol. The van der Waals surface area contributed by atoms with Crippen LogP contribution in [-0.2, 0) is 0 Å². The standard InChI is InChI=1S/C12H8Cl2NO/c13-9-3-1-5-11(7-9)15(16)12-6-2-4-10(14)8-12/h1-8H/q-1. The minimum atomic E-state index is 0.481. The van der Waals surface area contributed by atoms with Crippen LogP contribution in [0.25, 0.3) is 0 Å². The van der Waals surface area contributed by atoms with E-state index in [4.69, 9.17) is 23.2 Å². The van der Waals surface area contributed by atoms with Gasteiger partial charge < -0.3 is 10.3 Å². The molecular formula is C12H8Cl2NO-. The number of nitrogens with zero attached hydrogens (tertiary/aromatic N) is 1. The Kier molecular flexibility index (Phi) is 3.34. The van der Waals surface area contributed by atoms with Crippen LogP contribution in [0.3, 0.4) is 0 Å². The van der Waals surface area contributed by atoms with Crippen molar-refractivity contribution in [3.63, 3.8) is 0 Å². The number of anilines is 2. The first kappa shape index (κ1) is 11.3. The maximum Gasteiger partial charge on any atom is 0.0426 e. The molecule has 0 aliphatic heterocycles. The lowest BCUT2D eigenvalue weighted by Gasteiger charge is -2.30. The van der Waals surface area contributed by atoms with Crippen LogP contribution in [0.1, 0.15) is 0 Å². The maximum absolute atomic E-state index is 12.0. The molecule has 2 rings (SSSR count). The molecular weight excluding hydrogens is 245 g/mol. The summed E-state index contributed by atoms with van der Waals surface area (Å²) in [6.07, 6.45) is 0. The van der Waals surface area contributed by atoms with E-state index in [9.17, 15) is 5.21 Å². The Morgan fingerprint density at radius 1 is 0.812 bits per heavy atom. The fraction of sp³-hybridized carbons (Fsp3) is 0. The van der Waals surface area contributed by atoms with Gasteiger partial charge in [-0.15, -0.1) is 0 Å². The SMILES string of the molecule is [O-]N(c1cccc(Cl)c1)c1cccc(Cl)c1. The summed E-state index contributed by atoms with van der Waals surface area (Å²) in [6.45, 7) is 0. The van der Waals surface area contributed by atoms with Crippen LogP contribution in [0.5, 0.6) is 0 Å². The summed E-state index contributed by atoms with van der Waals surface area (Å²) in [5.74, 6) is 0. The molecule has 0 unspecified atom stereocenters. The molecule has 0 spiro atoms. The molecule has 16 heavy (non-hydrogen) atoms. The fourth-order valence-corrected chi connectivity index (χ4v) is 1.72. The first-order chi connectivity index (χ1) is 7.66. The molecule has 0 heterocycles. The van der Waals surface area contributed by atoms with Crippen LogP contribution in [0.2, 0.25) is 10.0 Å². The van der Waals surface area contributed by atoms with Crippen LogP contribution in [0.4, 0.5) is 11.4 Å². The average molecular weight is 253 g/mol. The number of hydrogen-bond donors (Lipinski definition) is 0. The zero-order valence-electron chi connectivity index (χ0n) is 8.23. The zero-order valence-corrected chi connectivity index (χ0v) is 9.74. The average Bonchev–Trinajstić information content (AvgIpc) is 2.28. The number of rotatable bonds is 2. The van der Waals surface area contributed by atoms with Crippen LogP contribution in [0, 0.1) is 5.21 Å². The van der Waals surface area contributed by atoms with E-state index in [0.29, 0.717) is 21.4 Å². The van der Waals surface area contributed by atoms with Gasteiger partial charge in [-0.25, -0.2) is 0 Å². The van der Waals surface area contributed by atoms with Gasteiger partial charge in [-0.2, -0.15) is 0 Å². The van der Waals surface area contributed by atoms with E-state index in [2.05, 4.69) is 0 Å². The van der Waals surface area contributed by atoms with E-state index in [1.807, 2.05) is 0 Å². The van der Waals surface area contributed by atoms with Gasteiger partial charge in [0, 0.05) is 21.4 Å². The summed E-state index contributed by atoms with van der Waals surface area (Å²) in [7, 11) is 0. The highest BCUT2D eigenvalue weighted by atomic mass is 35.5. The highest BCUT2D eigenvalue weighted by Gasteiger charge is 2.00. The molecule has 2 aromatic carbocycles. The molecule has 4 heteroatoms. The predicted molar refractivity (Wildman–Crippen MR) is 68.4 cm³/mol. The van der Waals surface area contributed by atoms with Crippen LogP contribution >= 0.6 is 23.2 Å². The molecule has 0 radical (unpaired) electrons. The maximum atomic E-state index is 12.0. The molecule has 0 bridgehead atoms. The van der Waals surface area contributed by atoms with Crippen molar-refractivity contribution in [2.75, 3.05) is 5.06 Å². The Bertz CT molecular complexity index is 456. The van der Waals surface area contributed by atoms with Crippen molar-refractivity contribution in [1.82, 2.24) is 0 Å². The van der Waals surface area contributed by atoms with Crippen molar-refractivity contribution in [3.8, 4) is 0 Å². The zero-order chi connectivity index (χ0) is 11.5. The van der Waals surface area contributed by atoms with E-state index in [0.717, 1.165) is 5.06 Å². The summed E-state index contributed by atoms with van der Waals surface area (Å²) in [5.41, 5.74) is 0.963. The lowest BCUT2D eigenvalue weighted by atomic mass is 10.2. The van der Waals surface area contributed by atoms with Gasteiger partial charge in [0.1, 0.15) is 0 Å². The van der Waals surface area contributed by atoms with Gasteiger partial charge in [0.15, 0.2) is 0 Å². The molecule has 0 aromatic heterocycles. The van der Waals surface area contributed by atoms with Crippen molar-refractivity contribution in [2.45, 2.75) is 0 Å². The van der Waals surface area contributed by atoms with Gasteiger partial charge in [0.05, 0.1) is 0 Å². The van der Waals surface area contributed by atoms with Crippen LogP contribution in [0.15, 0.2) is 48.5 Å². The molecule has 0 aliphatic rings. The normalized spacial score (nSPS) is 10.2. The third kappa shape index (κ3) is 2.47. The van der Waals surface area contributed by atoms with Gasteiger partial charge in [0.2, 0.25) is 0 Å². The molecule has 0 aliphatic carbocycles. The molecule has 0 saturated heterocycles. The van der Waals surface area contributed by atoms with Crippen molar-refractivity contribution < 1.29 is 0 Å². The predicted octanol–water partition coefficient (Wildman–Crippen LogP) is 4.63. The molecule has 0 amide bonds. The molecule has 2 nitrogen and oxygen atoms in total. The van der Waals surface area contributed by atoms with Gasteiger partial charge in [-0.1, -0.05) is 35.3 Å². The summed E-state index contributed by atoms with van der Waals surface area (Å²) >= 11 is 11.6. The largest absolute Gasteiger partial charge is 0.754 e. The highest BCUT2D eigenvalue weighted by Crippen LogP contribution is 2.27. The van der Waals surface area contributed by atoms with Crippen LogP contribution < -0.4 is 5.06 Å². The highest BCUT2D eigenvalue weighted by molar-refractivity contribution is 6.31. The second-order valence-electron chi connectivity index (χ2n) is 3.25. The van der Waals surface area contributed by atoms with Crippen LogP contribution in [-0.4, -0.2) is 0 Å². The third-order valence-corrected chi connectivity index (χ3v) is 2.56. The first-order valence-electron chi connectivity index (χ1n) is 4.65. The summed E-state index contributed by atoms with van der Waals surface area (Å²) < 4.78 is 0. The van der Waals surface area contributed by atoms with Gasteiger partial charge in [-0.3, -0.25) is 0 Å². The second kappa shape index (κ2) is 4.74. The second-order valence-corrected chi connectivity index (χ2v) is 4.13. The number of hydrogen-bond acceptors (Lipinski definition) is 2. The molecule has 82 valence electrons. The van der Waals surface area contributed by atoms with E-state index in [1.54, 1.807) is 48.5 Å². The Morgan fingerprint density at radius 2 is 1.25 bits per heavy atom. The molecule has 2 aromatic rings. The summed E-state index contributed by atoms with van der Waals surface area (Å²) in [6, 6.07) is 13.5. The lowest BCUT2D eigenvalue weighted by Crippen LogP contribution is -2.06. The molecule has 0 saturated carbocycles. The molecule has 0 atom stereocenters. The summed E-state index contributed by atoms with van der Waals surface area (Å²) in [5, 5.41) is 13.8. The van der Waals surface area contributed by atoms with Gasteiger partial charge in [0.25, 0.3) is 0 Å². The number of benzene rings is 2. The Morgan fingerprint density at radius 3 is 1.62 bits per heavy atom. The smallest absolute Gasteiger partial charge is 0.0426 e. The Balaban J connectivity index is 2.35. The van der Waals surface area contributed by atoms with Crippen molar-refractivity contribution in [1.29, 1.82) is 0 Å².